The first-order valence-corrected chi connectivity index (χ1v) is 11.8. The molecule has 0 unspecified atom stereocenters. The number of benzene rings is 2. The van der Waals surface area contributed by atoms with Crippen LogP contribution in [0, 0.1) is 11.3 Å². The van der Waals surface area contributed by atoms with Gasteiger partial charge in [0.05, 0.1) is 0 Å². The van der Waals surface area contributed by atoms with Crippen LogP contribution >= 0.6 is 0 Å². The number of rotatable bonds is 8. The second-order valence-corrected chi connectivity index (χ2v) is 10.3. The van der Waals surface area contributed by atoms with E-state index in [0.717, 1.165) is 35.1 Å². The number of fused-ring (bicyclic) bond motifs is 3. The molecule has 34 heavy (non-hydrogen) atoms. The number of alkyl carbamates (subject to hydrolysis) is 1. The van der Waals surface area contributed by atoms with Gasteiger partial charge in [0, 0.05) is 5.92 Å². The van der Waals surface area contributed by atoms with E-state index in [1.807, 2.05) is 36.4 Å². The van der Waals surface area contributed by atoms with Gasteiger partial charge in [-0.25, -0.2) is 9.59 Å². The molecule has 0 spiro atoms. The minimum absolute atomic E-state index is 0.0776. The predicted molar refractivity (Wildman–Crippen MR) is 128 cm³/mol. The molecule has 7 heteroatoms. The molecule has 7 nitrogen and oxygen atoms in total. The molecule has 2 aromatic carbocycles. The first-order chi connectivity index (χ1) is 16.1. The molecular formula is C27H32N2O5. The van der Waals surface area contributed by atoms with E-state index in [0.29, 0.717) is 12.3 Å². The van der Waals surface area contributed by atoms with Crippen LogP contribution in [0.2, 0.25) is 0 Å². The van der Waals surface area contributed by atoms with Crippen molar-refractivity contribution in [3.8, 4) is 11.1 Å². The lowest BCUT2D eigenvalue weighted by Gasteiger charge is -2.29. The number of carbonyl (C=O) groups excluding carboxylic acids is 2. The highest BCUT2D eigenvalue weighted by atomic mass is 16.5. The number of ether oxygens (including phenoxy) is 1. The van der Waals surface area contributed by atoms with Gasteiger partial charge in [-0.2, -0.15) is 0 Å². The van der Waals surface area contributed by atoms with Crippen LogP contribution < -0.4 is 10.6 Å². The van der Waals surface area contributed by atoms with Gasteiger partial charge in [0.2, 0.25) is 5.91 Å². The molecule has 1 saturated carbocycles. The third-order valence-corrected chi connectivity index (χ3v) is 6.62. The van der Waals surface area contributed by atoms with Crippen molar-refractivity contribution in [2.75, 3.05) is 6.61 Å². The fourth-order valence-electron chi connectivity index (χ4n) is 4.59. The van der Waals surface area contributed by atoms with Gasteiger partial charge in [-0.1, -0.05) is 82.1 Å². The SMILES string of the molecule is CC(C)(C)[C@@H](NC(=O)[C@H](CC1CC1)NC(=O)OCC1c2ccccc2-c2ccccc21)C(=O)O. The molecule has 4 rings (SSSR count). The van der Waals surface area contributed by atoms with E-state index in [1.165, 1.54) is 0 Å². The van der Waals surface area contributed by atoms with Crippen molar-refractivity contribution < 1.29 is 24.2 Å². The van der Waals surface area contributed by atoms with E-state index in [2.05, 4.69) is 22.8 Å². The molecule has 3 N–H and O–H groups in total. The van der Waals surface area contributed by atoms with Crippen molar-refractivity contribution >= 4 is 18.0 Å². The summed E-state index contributed by atoms with van der Waals surface area (Å²) in [7, 11) is 0. The van der Waals surface area contributed by atoms with Crippen LogP contribution in [0.1, 0.15) is 57.1 Å². The largest absolute Gasteiger partial charge is 0.480 e. The first kappa shape index (κ1) is 23.8. The van der Waals surface area contributed by atoms with Crippen LogP contribution in [0.5, 0.6) is 0 Å². The Balaban J connectivity index is 1.42. The summed E-state index contributed by atoms with van der Waals surface area (Å²) in [5, 5.41) is 14.9. The van der Waals surface area contributed by atoms with E-state index in [1.54, 1.807) is 20.8 Å². The summed E-state index contributed by atoms with van der Waals surface area (Å²) in [5.41, 5.74) is 3.83. The number of amides is 2. The monoisotopic (exact) mass is 464 g/mol. The van der Waals surface area contributed by atoms with Crippen molar-refractivity contribution in [2.45, 2.75) is 58.0 Å². The highest BCUT2D eigenvalue weighted by molar-refractivity contribution is 5.89. The van der Waals surface area contributed by atoms with Gasteiger partial charge in [0.1, 0.15) is 18.7 Å². The number of carbonyl (C=O) groups is 3. The zero-order valence-electron chi connectivity index (χ0n) is 19.8. The number of hydrogen-bond donors (Lipinski definition) is 3. The maximum absolute atomic E-state index is 12.9. The summed E-state index contributed by atoms with van der Waals surface area (Å²) in [6.45, 7) is 5.40. The number of hydrogen-bond acceptors (Lipinski definition) is 4. The molecule has 0 bridgehead atoms. The van der Waals surface area contributed by atoms with Gasteiger partial charge < -0.3 is 20.5 Å². The third kappa shape index (κ3) is 5.24. The molecule has 180 valence electrons. The lowest BCUT2D eigenvalue weighted by Crippen LogP contribution is -2.55. The Morgan fingerprint density at radius 3 is 2.03 bits per heavy atom. The topological polar surface area (TPSA) is 105 Å². The predicted octanol–water partition coefficient (Wildman–Crippen LogP) is 4.31. The van der Waals surface area contributed by atoms with Crippen LogP contribution in [-0.4, -0.2) is 41.8 Å². The summed E-state index contributed by atoms with van der Waals surface area (Å²) in [4.78, 5) is 37.4. The molecule has 2 aliphatic carbocycles. The Hall–Kier alpha value is -3.35. The molecule has 2 aromatic rings. The number of aliphatic carboxylic acids is 1. The van der Waals surface area contributed by atoms with Crippen LogP contribution in [0.4, 0.5) is 4.79 Å². The number of carboxylic acids is 1. The fourth-order valence-corrected chi connectivity index (χ4v) is 4.59. The molecule has 0 radical (unpaired) electrons. The van der Waals surface area contributed by atoms with Crippen LogP contribution in [0.15, 0.2) is 48.5 Å². The fraction of sp³-hybridized carbons (Fsp3) is 0.444. The second kappa shape index (κ2) is 9.49. The second-order valence-electron chi connectivity index (χ2n) is 10.3. The average molecular weight is 465 g/mol. The Morgan fingerprint density at radius 1 is 0.971 bits per heavy atom. The number of carboxylic acid groups (broad SMARTS) is 1. The Kier molecular flexibility index (Phi) is 6.64. The van der Waals surface area contributed by atoms with Gasteiger partial charge in [0.25, 0.3) is 0 Å². The first-order valence-electron chi connectivity index (χ1n) is 11.8. The summed E-state index contributed by atoms with van der Waals surface area (Å²) in [6.07, 6.45) is 1.78. The summed E-state index contributed by atoms with van der Waals surface area (Å²) in [5.74, 6) is -1.33. The minimum atomic E-state index is -1.10. The van der Waals surface area contributed by atoms with Crippen LogP contribution in [-0.2, 0) is 14.3 Å². The smallest absolute Gasteiger partial charge is 0.407 e. The van der Waals surface area contributed by atoms with E-state index in [4.69, 9.17) is 4.74 Å². The minimum Gasteiger partial charge on any atom is -0.480 e. The molecule has 2 amide bonds. The maximum atomic E-state index is 12.9. The lowest BCUT2D eigenvalue weighted by atomic mass is 9.86. The number of nitrogens with one attached hydrogen (secondary N) is 2. The lowest BCUT2D eigenvalue weighted by molar-refractivity contribution is -0.145. The van der Waals surface area contributed by atoms with Gasteiger partial charge >= 0.3 is 12.1 Å². The van der Waals surface area contributed by atoms with Gasteiger partial charge in [0.15, 0.2) is 0 Å². The average Bonchev–Trinajstić information content (AvgIpc) is 3.55. The third-order valence-electron chi connectivity index (χ3n) is 6.62. The van der Waals surface area contributed by atoms with Crippen molar-refractivity contribution in [3.63, 3.8) is 0 Å². The van der Waals surface area contributed by atoms with Gasteiger partial charge in [-0.05, 0) is 40.0 Å². The van der Waals surface area contributed by atoms with E-state index < -0.39 is 35.5 Å². The highest BCUT2D eigenvalue weighted by Crippen LogP contribution is 2.44. The zero-order chi connectivity index (χ0) is 24.5. The van der Waals surface area contributed by atoms with Crippen molar-refractivity contribution in [1.82, 2.24) is 10.6 Å². The Labute approximate surface area is 199 Å². The van der Waals surface area contributed by atoms with E-state index >= 15 is 0 Å². The van der Waals surface area contributed by atoms with Crippen LogP contribution in [0.25, 0.3) is 11.1 Å². The van der Waals surface area contributed by atoms with Crippen molar-refractivity contribution in [2.24, 2.45) is 11.3 Å². The zero-order valence-corrected chi connectivity index (χ0v) is 19.8. The normalized spacial score (nSPS) is 16.7. The Morgan fingerprint density at radius 2 is 1.53 bits per heavy atom. The molecule has 0 aromatic heterocycles. The summed E-state index contributed by atoms with van der Waals surface area (Å²) >= 11 is 0. The molecule has 0 aliphatic heterocycles. The van der Waals surface area contributed by atoms with Crippen LogP contribution in [0.3, 0.4) is 0 Å². The molecule has 2 aliphatic rings. The Bertz CT molecular complexity index is 1040. The highest BCUT2D eigenvalue weighted by Gasteiger charge is 2.37. The summed E-state index contributed by atoms with van der Waals surface area (Å²) < 4.78 is 5.60. The summed E-state index contributed by atoms with van der Waals surface area (Å²) in [6, 6.07) is 14.3. The van der Waals surface area contributed by atoms with Crippen molar-refractivity contribution in [3.05, 3.63) is 59.7 Å². The van der Waals surface area contributed by atoms with E-state index in [-0.39, 0.29) is 12.5 Å². The standard InChI is InChI=1S/C27H32N2O5/c1-27(2,3)23(25(31)32)29-24(30)22(14-16-12-13-16)28-26(33)34-15-21-19-10-6-4-8-17(19)18-9-5-7-11-20(18)21/h4-11,16,21-23H,12-15H2,1-3H3,(H,28,33)(H,29,30)(H,31,32)/t22-,23-/m0/s1. The molecular weight excluding hydrogens is 432 g/mol. The van der Waals surface area contributed by atoms with E-state index in [9.17, 15) is 19.5 Å². The quantitative estimate of drug-likeness (QED) is 0.540. The van der Waals surface area contributed by atoms with Gasteiger partial charge in [-0.3, -0.25) is 4.79 Å². The van der Waals surface area contributed by atoms with Gasteiger partial charge in [-0.15, -0.1) is 0 Å². The molecule has 0 saturated heterocycles. The molecule has 0 heterocycles. The molecule has 1 fully saturated rings. The molecule has 2 atom stereocenters. The maximum Gasteiger partial charge on any atom is 0.407 e. The van der Waals surface area contributed by atoms with Crippen molar-refractivity contribution in [1.29, 1.82) is 0 Å².